The molecule has 0 aliphatic carbocycles. The molecule has 0 amide bonds. The molecule has 0 spiro atoms. The largest absolute Gasteiger partial charge is 0.456 e. The van der Waals surface area contributed by atoms with E-state index in [0.717, 1.165) is 82.3 Å². The van der Waals surface area contributed by atoms with Gasteiger partial charge in [-0.2, -0.15) is 0 Å². The first-order valence-electron chi connectivity index (χ1n) is 18.9. The third-order valence-electron chi connectivity index (χ3n) is 9.74. The van der Waals surface area contributed by atoms with Gasteiger partial charge >= 0.3 is 0 Å². The zero-order chi connectivity index (χ0) is 36.7. The number of hydrogen-bond donors (Lipinski definition) is 0. The van der Waals surface area contributed by atoms with E-state index in [2.05, 4.69) is 97.1 Å². The molecule has 10 aromatic rings. The van der Waals surface area contributed by atoms with Crippen LogP contribution in [0.3, 0.4) is 0 Å². The van der Waals surface area contributed by atoms with Crippen molar-refractivity contribution >= 4 is 54.3 Å². The lowest BCUT2D eigenvalue weighted by atomic mass is 9.85. The first-order chi connectivity index (χ1) is 26.4. The minimum atomic E-state index is -0.398. The summed E-state index contributed by atoms with van der Waals surface area (Å²) in [5.41, 5.74) is 9.06. The summed E-state index contributed by atoms with van der Waals surface area (Å²) < 4.78 is 49.0. The number of fused-ring (bicyclic) bond motifs is 6. The summed E-state index contributed by atoms with van der Waals surface area (Å²) in [5, 5.41) is 8.08. The Morgan fingerprint density at radius 2 is 0.878 bits per heavy atom. The number of para-hydroxylation sites is 1. The number of furan rings is 1. The molecular formula is C48H30O. The zero-order valence-corrected chi connectivity index (χ0v) is 26.3. The van der Waals surface area contributed by atoms with Crippen LogP contribution in [0, 0.1) is 0 Å². The highest BCUT2D eigenvalue weighted by Crippen LogP contribution is 2.44. The maximum absolute atomic E-state index is 8.85. The number of benzene rings is 9. The standard InChI is InChI=1S/C48H30O/c1-2-12-32(13-3-1)47-40-17-6-8-19-42(40)48(43-20-9-7-18-41(43)47)33-24-22-31(23-25-33)36-28-34-14-4-5-15-37(34)44(29-36)35-26-27-39-38-16-10-11-21-45(38)49-46(39)30-35/h1-30H/i1D,2D,3D,12D,13D. The fourth-order valence-electron chi connectivity index (χ4n) is 7.52. The van der Waals surface area contributed by atoms with Crippen LogP contribution in [0.5, 0.6) is 0 Å². The van der Waals surface area contributed by atoms with Crippen molar-refractivity contribution in [2.75, 3.05) is 0 Å². The van der Waals surface area contributed by atoms with Crippen molar-refractivity contribution in [1.82, 2.24) is 0 Å². The van der Waals surface area contributed by atoms with Gasteiger partial charge in [0.05, 0.1) is 6.85 Å². The average Bonchev–Trinajstić information content (AvgIpc) is 3.59. The van der Waals surface area contributed by atoms with Gasteiger partial charge in [-0.05, 0) is 107 Å². The second-order valence-corrected chi connectivity index (χ2v) is 12.5. The molecule has 0 aliphatic heterocycles. The number of rotatable bonds is 4. The molecule has 0 saturated carbocycles. The van der Waals surface area contributed by atoms with Crippen molar-refractivity contribution in [2.24, 2.45) is 0 Å². The fraction of sp³-hybridized carbons (Fsp3) is 0. The Kier molecular flexibility index (Phi) is 5.20. The lowest BCUT2D eigenvalue weighted by Crippen LogP contribution is -1.91. The molecule has 0 atom stereocenters. The Labute approximate surface area is 291 Å². The van der Waals surface area contributed by atoms with E-state index in [-0.39, 0.29) is 29.7 Å². The molecule has 0 bridgehead atoms. The maximum atomic E-state index is 8.85. The highest BCUT2D eigenvalue weighted by atomic mass is 16.3. The van der Waals surface area contributed by atoms with Gasteiger partial charge in [-0.3, -0.25) is 0 Å². The summed E-state index contributed by atoms with van der Waals surface area (Å²) in [5.74, 6) is 0. The average molecular weight is 628 g/mol. The van der Waals surface area contributed by atoms with Crippen LogP contribution in [0.1, 0.15) is 6.85 Å². The van der Waals surface area contributed by atoms with Crippen LogP contribution >= 0.6 is 0 Å². The molecule has 228 valence electrons. The maximum Gasteiger partial charge on any atom is 0.136 e. The van der Waals surface area contributed by atoms with Gasteiger partial charge < -0.3 is 4.42 Å². The van der Waals surface area contributed by atoms with Gasteiger partial charge in [0.15, 0.2) is 0 Å². The minimum absolute atomic E-state index is 0.208. The third-order valence-corrected chi connectivity index (χ3v) is 9.74. The molecule has 49 heavy (non-hydrogen) atoms. The molecule has 0 unspecified atom stereocenters. The molecule has 9 aromatic carbocycles. The molecule has 0 fully saturated rings. The highest BCUT2D eigenvalue weighted by Gasteiger charge is 2.17. The SMILES string of the molecule is [2H]c1c([2H])c([2H])c(-c2c3ccccc3c(-c3ccc(-c4cc(-c5ccc6c(c5)oc5ccccc56)c5ccccc5c4)cc3)c3ccccc23)c([2H])c1[2H]. The van der Waals surface area contributed by atoms with E-state index in [9.17, 15) is 0 Å². The van der Waals surface area contributed by atoms with Crippen LogP contribution in [0.25, 0.3) is 98.8 Å². The van der Waals surface area contributed by atoms with Gasteiger partial charge in [-0.1, -0.05) is 152 Å². The Hall–Kier alpha value is -6.44. The van der Waals surface area contributed by atoms with E-state index in [0.29, 0.717) is 5.56 Å². The highest BCUT2D eigenvalue weighted by molar-refractivity contribution is 6.21. The predicted octanol–water partition coefficient (Wildman–Crippen LogP) is 13.7. The molecule has 1 aromatic heterocycles. The summed E-state index contributed by atoms with van der Waals surface area (Å²) in [6.45, 7) is 0. The summed E-state index contributed by atoms with van der Waals surface area (Å²) in [6.07, 6.45) is 0. The summed E-state index contributed by atoms with van der Waals surface area (Å²) in [6, 6.07) is 50.7. The van der Waals surface area contributed by atoms with Gasteiger partial charge in [0.25, 0.3) is 0 Å². The van der Waals surface area contributed by atoms with Gasteiger partial charge in [0.1, 0.15) is 11.2 Å². The van der Waals surface area contributed by atoms with Crippen LogP contribution in [-0.2, 0) is 0 Å². The van der Waals surface area contributed by atoms with Gasteiger partial charge in [0, 0.05) is 10.8 Å². The minimum Gasteiger partial charge on any atom is -0.456 e. The van der Waals surface area contributed by atoms with E-state index >= 15 is 0 Å². The molecule has 1 nitrogen and oxygen atoms in total. The third kappa shape index (κ3) is 4.47. The Balaban J connectivity index is 1.14. The normalized spacial score (nSPS) is 13.1. The van der Waals surface area contributed by atoms with Crippen molar-refractivity contribution in [3.63, 3.8) is 0 Å². The van der Waals surface area contributed by atoms with E-state index in [4.69, 9.17) is 11.3 Å². The Bertz CT molecular complexity index is 3070. The van der Waals surface area contributed by atoms with Crippen LogP contribution in [0.4, 0.5) is 0 Å². The fourth-order valence-corrected chi connectivity index (χ4v) is 7.52. The molecule has 0 aliphatic rings. The topological polar surface area (TPSA) is 13.1 Å². The van der Waals surface area contributed by atoms with Gasteiger partial charge in [-0.15, -0.1) is 0 Å². The van der Waals surface area contributed by atoms with Crippen molar-refractivity contribution in [3.8, 4) is 44.5 Å². The first kappa shape index (κ1) is 23.0. The smallest absolute Gasteiger partial charge is 0.136 e. The van der Waals surface area contributed by atoms with Crippen LogP contribution < -0.4 is 0 Å². The Morgan fingerprint density at radius 3 is 1.57 bits per heavy atom. The van der Waals surface area contributed by atoms with Crippen molar-refractivity contribution < 1.29 is 11.3 Å². The van der Waals surface area contributed by atoms with Crippen molar-refractivity contribution in [2.45, 2.75) is 0 Å². The van der Waals surface area contributed by atoms with E-state index in [1.54, 1.807) is 0 Å². The second kappa shape index (κ2) is 11.1. The lowest BCUT2D eigenvalue weighted by molar-refractivity contribution is 0.669. The molecule has 0 radical (unpaired) electrons. The van der Waals surface area contributed by atoms with Crippen LogP contribution in [-0.4, -0.2) is 0 Å². The van der Waals surface area contributed by atoms with E-state index in [1.165, 1.54) is 5.39 Å². The predicted molar refractivity (Wildman–Crippen MR) is 208 cm³/mol. The van der Waals surface area contributed by atoms with Gasteiger partial charge in [0.2, 0.25) is 0 Å². The van der Waals surface area contributed by atoms with Crippen molar-refractivity contribution in [1.29, 1.82) is 0 Å². The van der Waals surface area contributed by atoms with E-state index in [1.807, 2.05) is 54.6 Å². The number of hydrogen-bond acceptors (Lipinski definition) is 1. The van der Waals surface area contributed by atoms with Crippen molar-refractivity contribution in [3.05, 3.63) is 182 Å². The summed E-state index contributed by atoms with van der Waals surface area (Å²) >= 11 is 0. The monoisotopic (exact) mass is 627 g/mol. The second-order valence-electron chi connectivity index (χ2n) is 12.5. The zero-order valence-electron chi connectivity index (χ0n) is 31.3. The quantitative estimate of drug-likeness (QED) is 0.177. The molecule has 1 heteroatoms. The van der Waals surface area contributed by atoms with Crippen LogP contribution in [0.15, 0.2) is 186 Å². The molecule has 1 heterocycles. The molecule has 0 N–H and O–H groups in total. The van der Waals surface area contributed by atoms with Gasteiger partial charge in [-0.25, -0.2) is 0 Å². The molecular weight excluding hydrogens is 593 g/mol. The first-order valence-corrected chi connectivity index (χ1v) is 16.4. The Morgan fingerprint density at radius 1 is 0.347 bits per heavy atom. The summed E-state index contributed by atoms with van der Waals surface area (Å²) in [4.78, 5) is 0. The molecule has 0 saturated heterocycles. The molecule has 10 rings (SSSR count). The van der Waals surface area contributed by atoms with E-state index < -0.39 is 6.04 Å². The lowest BCUT2D eigenvalue weighted by Gasteiger charge is -2.18. The summed E-state index contributed by atoms with van der Waals surface area (Å²) in [7, 11) is 0. The van der Waals surface area contributed by atoms with Crippen LogP contribution in [0.2, 0.25) is 0 Å².